The molecule has 3 amide bonds. The number of nitrogens with one attached hydrogen (secondary N) is 1. The van der Waals surface area contributed by atoms with E-state index in [1.807, 2.05) is 6.07 Å². The third-order valence-corrected chi connectivity index (χ3v) is 7.18. The molecule has 0 radical (unpaired) electrons. The number of halogens is 4. The van der Waals surface area contributed by atoms with Crippen molar-refractivity contribution in [2.75, 3.05) is 9.80 Å². The summed E-state index contributed by atoms with van der Waals surface area (Å²) in [5, 5.41) is 11.8. The van der Waals surface area contributed by atoms with Gasteiger partial charge in [-0.1, -0.05) is 36.4 Å². The molecule has 1 N–H and O–H groups in total. The van der Waals surface area contributed by atoms with E-state index in [-0.39, 0.29) is 40.8 Å². The van der Waals surface area contributed by atoms with E-state index in [2.05, 4.69) is 21.9 Å². The second-order valence-corrected chi connectivity index (χ2v) is 10.2. The molecule has 2 heterocycles. The number of amides is 3. The largest absolute Gasteiger partial charge is 0.351 e. The SMILES string of the molecule is C=C(/C(Cl)=C\C=C/C)[C@@H](C(=O)NC1CC(F)(F)C1)N(C(=O)[C@@H]1CCC(=O)N1c1nccc(C#N)n1)c1cccc(F)c1. The van der Waals surface area contributed by atoms with Crippen molar-refractivity contribution < 1.29 is 27.6 Å². The maximum absolute atomic E-state index is 14.5. The highest BCUT2D eigenvalue weighted by Crippen LogP contribution is 2.38. The summed E-state index contributed by atoms with van der Waals surface area (Å²) in [6, 6.07) is 4.27. The van der Waals surface area contributed by atoms with Gasteiger partial charge in [0.25, 0.3) is 11.8 Å². The maximum Gasteiger partial charge on any atom is 0.252 e. The van der Waals surface area contributed by atoms with Gasteiger partial charge in [0.15, 0.2) is 0 Å². The predicted octanol–water partition coefficient (Wildman–Crippen LogP) is 4.55. The summed E-state index contributed by atoms with van der Waals surface area (Å²) in [6.45, 7) is 5.65. The van der Waals surface area contributed by atoms with Gasteiger partial charge < -0.3 is 5.32 Å². The molecule has 0 spiro atoms. The third kappa shape index (κ3) is 6.52. The Morgan fingerprint density at radius 2 is 2.07 bits per heavy atom. The van der Waals surface area contributed by atoms with Crippen LogP contribution in [-0.4, -0.2) is 51.7 Å². The molecule has 1 aliphatic carbocycles. The van der Waals surface area contributed by atoms with Crippen molar-refractivity contribution in [2.45, 2.75) is 56.7 Å². The molecular formula is C29H26ClF3N6O3. The molecule has 42 heavy (non-hydrogen) atoms. The lowest BCUT2D eigenvalue weighted by Gasteiger charge is -2.39. The third-order valence-electron chi connectivity index (χ3n) is 6.81. The fraction of sp³-hybridized carbons (Fsp3) is 0.310. The number of anilines is 2. The first kappa shape index (κ1) is 30.5. The highest BCUT2D eigenvalue weighted by Gasteiger charge is 2.49. The summed E-state index contributed by atoms with van der Waals surface area (Å²) in [7, 11) is 0. The summed E-state index contributed by atoms with van der Waals surface area (Å²) in [5.74, 6) is -6.07. The molecule has 2 fully saturated rings. The Balaban J connectivity index is 1.81. The van der Waals surface area contributed by atoms with Crippen LogP contribution in [0.4, 0.5) is 24.8 Å². The van der Waals surface area contributed by atoms with E-state index in [4.69, 9.17) is 11.6 Å². The molecule has 1 aromatic heterocycles. The van der Waals surface area contributed by atoms with Crippen LogP contribution in [0.25, 0.3) is 0 Å². The standard InChI is InChI=1S/C29H26ClF3N6O3/c1-3-4-8-22(30)17(2)25(26(41)36-20-14-29(32,33)15-20)38(21-7-5-6-18(31)13-21)27(42)23-9-10-24(40)39(23)28-35-12-11-19(16-34)37-28/h3-8,11-13,20,23,25H,2,9-10,14-15H2,1H3,(H,36,41)/b4-3-,22-8+/t23-,25-/m0/s1. The van der Waals surface area contributed by atoms with Crippen LogP contribution in [-0.2, 0) is 14.4 Å². The molecule has 2 aromatic rings. The van der Waals surface area contributed by atoms with Gasteiger partial charge in [-0.05, 0) is 49.3 Å². The summed E-state index contributed by atoms with van der Waals surface area (Å²) < 4.78 is 41.7. The van der Waals surface area contributed by atoms with Crippen molar-refractivity contribution >= 4 is 41.0 Å². The van der Waals surface area contributed by atoms with Crippen molar-refractivity contribution in [3.05, 3.63) is 83.5 Å². The lowest BCUT2D eigenvalue weighted by Crippen LogP contribution is -2.59. The van der Waals surface area contributed by atoms with Crippen LogP contribution in [0.2, 0.25) is 0 Å². The fourth-order valence-electron chi connectivity index (χ4n) is 4.78. The number of benzene rings is 1. The van der Waals surface area contributed by atoms with Crippen molar-refractivity contribution in [3.8, 4) is 6.07 Å². The number of hydrogen-bond donors (Lipinski definition) is 1. The minimum atomic E-state index is -2.94. The Hall–Kier alpha value is -4.50. The average molecular weight is 599 g/mol. The molecule has 1 aliphatic heterocycles. The molecule has 1 aromatic carbocycles. The summed E-state index contributed by atoms with van der Waals surface area (Å²) in [6.07, 6.45) is 4.65. The van der Waals surface area contributed by atoms with Crippen molar-refractivity contribution in [1.82, 2.24) is 15.3 Å². The molecule has 9 nitrogen and oxygen atoms in total. The van der Waals surface area contributed by atoms with Gasteiger partial charge in [-0.15, -0.1) is 0 Å². The van der Waals surface area contributed by atoms with Gasteiger partial charge in [0, 0.05) is 42.2 Å². The first-order valence-corrected chi connectivity index (χ1v) is 13.3. The minimum absolute atomic E-state index is 0.0125. The van der Waals surface area contributed by atoms with Crippen LogP contribution >= 0.6 is 11.6 Å². The topological polar surface area (TPSA) is 119 Å². The average Bonchev–Trinajstić information content (AvgIpc) is 3.34. The van der Waals surface area contributed by atoms with E-state index >= 15 is 0 Å². The lowest BCUT2D eigenvalue weighted by molar-refractivity contribution is -0.132. The Kier molecular flexibility index (Phi) is 9.11. The van der Waals surface area contributed by atoms with Crippen molar-refractivity contribution in [2.24, 2.45) is 0 Å². The maximum atomic E-state index is 14.5. The van der Waals surface area contributed by atoms with Crippen LogP contribution < -0.4 is 15.1 Å². The van der Waals surface area contributed by atoms with E-state index in [1.54, 1.807) is 19.1 Å². The van der Waals surface area contributed by atoms with Gasteiger partial charge in [0.2, 0.25) is 17.8 Å². The van der Waals surface area contributed by atoms with Gasteiger partial charge in [0.05, 0.1) is 0 Å². The van der Waals surface area contributed by atoms with E-state index in [0.29, 0.717) is 0 Å². The molecule has 1 saturated carbocycles. The van der Waals surface area contributed by atoms with E-state index in [0.717, 1.165) is 21.9 Å². The normalized spacial score (nSPS) is 19.2. The zero-order chi connectivity index (χ0) is 30.6. The van der Waals surface area contributed by atoms with Crippen LogP contribution in [0, 0.1) is 17.1 Å². The van der Waals surface area contributed by atoms with Crippen LogP contribution in [0.5, 0.6) is 0 Å². The van der Waals surface area contributed by atoms with Gasteiger partial charge in [0.1, 0.15) is 29.7 Å². The first-order chi connectivity index (χ1) is 20.0. The molecule has 218 valence electrons. The number of hydrogen-bond acceptors (Lipinski definition) is 6. The Morgan fingerprint density at radius 1 is 1.33 bits per heavy atom. The summed E-state index contributed by atoms with van der Waals surface area (Å²) in [5.41, 5.74) is -0.187. The molecule has 0 bridgehead atoms. The van der Waals surface area contributed by atoms with E-state index in [9.17, 15) is 32.8 Å². The van der Waals surface area contributed by atoms with Crippen LogP contribution in [0.3, 0.4) is 0 Å². The first-order valence-electron chi connectivity index (χ1n) is 13.0. The Bertz CT molecular complexity index is 1510. The van der Waals surface area contributed by atoms with Gasteiger partial charge in [-0.3, -0.25) is 24.2 Å². The lowest BCUT2D eigenvalue weighted by atomic mass is 9.87. The van der Waals surface area contributed by atoms with Crippen molar-refractivity contribution in [1.29, 1.82) is 5.26 Å². The second-order valence-electron chi connectivity index (χ2n) is 9.80. The highest BCUT2D eigenvalue weighted by molar-refractivity contribution is 6.32. The number of carbonyl (C=O) groups is 3. The van der Waals surface area contributed by atoms with Crippen molar-refractivity contribution in [3.63, 3.8) is 0 Å². The number of carbonyl (C=O) groups excluding carboxylic acids is 3. The molecule has 2 aliphatic rings. The van der Waals surface area contributed by atoms with Gasteiger partial charge >= 0.3 is 0 Å². The van der Waals surface area contributed by atoms with Gasteiger partial charge in [-0.2, -0.15) is 5.26 Å². The minimum Gasteiger partial charge on any atom is -0.351 e. The molecule has 2 atom stereocenters. The number of allylic oxidation sites excluding steroid dienone is 3. The monoisotopic (exact) mass is 598 g/mol. The summed E-state index contributed by atoms with van der Waals surface area (Å²) >= 11 is 6.47. The zero-order valence-electron chi connectivity index (χ0n) is 22.4. The number of nitrogens with zero attached hydrogens (tertiary/aromatic N) is 5. The molecular weight excluding hydrogens is 573 g/mol. The molecule has 13 heteroatoms. The Labute approximate surface area is 245 Å². The van der Waals surface area contributed by atoms with Crippen LogP contribution in [0.1, 0.15) is 38.3 Å². The zero-order valence-corrected chi connectivity index (χ0v) is 23.2. The van der Waals surface area contributed by atoms with Crippen LogP contribution in [0.15, 0.2) is 71.9 Å². The number of aromatic nitrogens is 2. The Morgan fingerprint density at radius 3 is 2.71 bits per heavy atom. The fourth-order valence-corrected chi connectivity index (χ4v) is 4.95. The number of nitriles is 1. The molecule has 4 rings (SSSR count). The summed E-state index contributed by atoms with van der Waals surface area (Å²) in [4.78, 5) is 51.1. The number of alkyl halides is 2. The predicted molar refractivity (Wildman–Crippen MR) is 149 cm³/mol. The molecule has 1 saturated heterocycles. The molecule has 0 unspecified atom stereocenters. The number of rotatable bonds is 9. The second kappa shape index (κ2) is 12.6. The van der Waals surface area contributed by atoms with E-state index in [1.165, 1.54) is 30.5 Å². The smallest absolute Gasteiger partial charge is 0.252 e. The quantitative estimate of drug-likeness (QED) is 0.423. The van der Waals surface area contributed by atoms with Gasteiger partial charge in [-0.25, -0.2) is 23.1 Å². The highest BCUT2D eigenvalue weighted by atomic mass is 35.5. The van der Waals surface area contributed by atoms with E-state index < -0.39 is 60.4 Å².